The molecule has 2 aliphatic heterocycles. The molecule has 6 unspecified atom stereocenters. The normalized spacial score (nSPS) is 53.2. The Labute approximate surface area is 176 Å². The third kappa shape index (κ3) is 2.07. The lowest BCUT2D eigenvalue weighted by Crippen LogP contribution is -2.61. The van der Waals surface area contributed by atoms with Gasteiger partial charge in [0.15, 0.2) is 5.78 Å². The summed E-state index contributed by atoms with van der Waals surface area (Å²) in [5.74, 6) is 0.176. The number of hydrogen-bond acceptors (Lipinski definition) is 6. The Hall–Kier alpha value is -1.69. The van der Waals surface area contributed by atoms with Gasteiger partial charge in [-0.05, 0) is 55.4 Å². The van der Waals surface area contributed by atoms with E-state index in [0.29, 0.717) is 19.3 Å². The Bertz CT molecular complexity index is 892. The van der Waals surface area contributed by atoms with Crippen LogP contribution >= 0.6 is 0 Å². The second-order valence-corrected chi connectivity index (χ2v) is 10.9. The average Bonchev–Trinajstić information content (AvgIpc) is 3.35. The summed E-state index contributed by atoms with van der Waals surface area (Å²) in [5, 5.41) is 0. The first-order valence-corrected chi connectivity index (χ1v) is 11.4. The third-order valence-corrected chi connectivity index (χ3v) is 10.1. The van der Waals surface area contributed by atoms with Crippen molar-refractivity contribution in [3.8, 4) is 0 Å². The van der Waals surface area contributed by atoms with Gasteiger partial charge in [0.1, 0.15) is 5.60 Å². The van der Waals surface area contributed by atoms with Gasteiger partial charge >= 0.3 is 11.9 Å². The quantitative estimate of drug-likeness (QED) is 0.485. The largest absolute Gasteiger partial charge is 0.469 e. The number of hydrogen-bond donors (Lipinski definition) is 0. The van der Waals surface area contributed by atoms with Crippen molar-refractivity contribution in [2.45, 2.75) is 76.6 Å². The molecule has 6 rings (SSSR count). The lowest BCUT2D eigenvalue weighted by atomic mass is 9.44. The first-order chi connectivity index (χ1) is 14.2. The third-order valence-electron chi connectivity index (χ3n) is 10.1. The van der Waals surface area contributed by atoms with E-state index in [2.05, 4.69) is 13.8 Å². The summed E-state index contributed by atoms with van der Waals surface area (Å²) in [6.07, 6.45) is 6.91. The van der Waals surface area contributed by atoms with E-state index in [1.165, 1.54) is 7.11 Å². The highest BCUT2D eigenvalue weighted by Gasteiger charge is 2.79. The summed E-state index contributed by atoms with van der Waals surface area (Å²) in [7, 11) is 1.46. The van der Waals surface area contributed by atoms with Crippen LogP contribution in [-0.4, -0.2) is 42.6 Å². The molecule has 6 nitrogen and oxygen atoms in total. The highest BCUT2D eigenvalue weighted by molar-refractivity contribution is 5.92. The Morgan fingerprint density at radius 2 is 1.97 bits per heavy atom. The van der Waals surface area contributed by atoms with Gasteiger partial charge < -0.3 is 14.2 Å². The minimum Gasteiger partial charge on any atom is -0.469 e. The van der Waals surface area contributed by atoms with Gasteiger partial charge in [-0.15, -0.1) is 0 Å². The van der Waals surface area contributed by atoms with Gasteiger partial charge in [0.25, 0.3) is 0 Å². The van der Waals surface area contributed by atoms with Crippen molar-refractivity contribution >= 4 is 17.7 Å². The van der Waals surface area contributed by atoms with Crippen LogP contribution in [-0.2, 0) is 28.6 Å². The van der Waals surface area contributed by atoms with Gasteiger partial charge in [0.2, 0.25) is 0 Å². The van der Waals surface area contributed by atoms with E-state index >= 15 is 0 Å². The molecule has 0 aromatic heterocycles. The van der Waals surface area contributed by atoms with Crippen molar-refractivity contribution in [3.05, 3.63) is 11.6 Å². The highest BCUT2D eigenvalue weighted by Crippen LogP contribution is 2.75. The van der Waals surface area contributed by atoms with E-state index in [1.54, 1.807) is 6.08 Å². The van der Waals surface area contributed by atoms with Crippen LogP contribution in [0.5, 0.6) is 0 Å². The average molecular weight is 414 g/mol. The molecule has 162 valence electrons. The molecule has 0 N–H and O–H groups in total. The number of esters is 2. The zero-order valence-corrected chi connectivity index (χ0v) is 17.9. The van der Waals surface area contributed by atoms with Crippen molar-refractivity contribution in [1.29, 1.82) is 0 Å². The van der Waals surface area contributed by atoms with Crippen molar-refractivity contribution < 1.29 is 28.6 Å². The van der Waals surface area contributed by atoms with Crippen LogP contribution < -0.4 is 0 Å². The highest BCUT2D eigenvalue weighted by atomic mass is 16.6. The molecule has 6 aliphatic rings. The maximum absolute atomic E-state index is 13.0. The molecular formula is C24H30O6. The standard InChI is InChI=1S/C24H30O6/c1-22-7-4-13(25)10-12(22)11-14(21(27)28-3)17-15-5-8-24(9-6-16(26)30-24)23(15,2)20-19(29-20)18(17)22/h10,14-15,17-20H,4-9,11H2,1-3H3/t14?,15?,17?,18?,19-,20?,22-,23+,24?/m0/s1. The van der Waals surface area contributed by atoms with Crippen molar-refractivity contribution in [2.75, 3.05) is 7.11 Å². The van der Waals surface area contributed by atoms with E-state index in [-0.39, 0.29) is 64.4 Å². The van der Waals surface area contributed by atoms with Crippen LogP contribution in [0.1, 0.15) is 58.8 Å². The molecule has 3 saturated carbocycles. The summed E-state index contributed by atoms with van der Waals surface area (Å²) in [5.41, 5.74) is 0.262. The number of ether oxygens (including phenoxy) is 3. The van der Waals surface area contributed by atoms with Gasteiger partial charge in [-0.25, -0.2) is 0 Å². The number of methoxy groups -OCH3 is 1. The molecule has 0 amide bonds. The summed E-state index contributed by atoms with van der Waals surface area (Å²) in [4.78, 5) is 37.4. The fourth-order valence-corrected chi connectivity index (χ4v) is 8.62. The zero-order chi connectivity index (χ0) is 21.1. The monoisotopic (exact) mass is 414 g/mol. The van der Waals surface area contributed by atoms with Gasteiger partial charge in [-0.1, -0.05) is 19.4 Å². The molecule has 9 atom stereocenters. The lowest BCUT2D eigenvalue weighted by molar-refractivity contribution is -0.172. The van der Waals surface area contributed by atoms with Crippen LogP contribution in [0.25, 0.3) is 0 Å². The number of ketones is 1. The van der Waals surface area contributed by atoms with Crippen LogP contribution in [0.15, 0.2) is 11.6 Å². The number of fused-ring (bicyclic) bond motifs is 9. The van der Waals surface area contributed by atoms with Gasteiger partial charge in [-0.2, -0.15) is 0 Å². The molecule has 4 aliphatic carbocycles. The first-order valence-electron chi connectivity index (χ1n) is 11.4. The van der Waals surface area contributed by atoms with Crippen LogP contribution in [0.3, 0.4) is 0 Å². The van der Waals surface area contributed by atoms with E-state index in [9.17, 15) is 14.4 Å². The first kappa shape index (κ1) is 19.0. The minimum absolute atomic E-state index is 0.0552. The molecule has 2 saturated heterocycles. The van der Waals surface area contributed by atoms with E-state index in [0.717, 1.165) is 31.3 Å². The van der Waals surface area contributed by atoms with Gasteiger partial charge in [0, 0.05) is 24.2 Å². The topological polar surface area (TPSA) is 82.2 Å². The zero-order valence-electron chi connectivity index (χ0n) is 17.9. The number of epoxide rings is 1. The fraction of sp³-hybridized carbons (Fsp3) is 0.792. The van der Waals surface area contributed by atoms with Crippen LogP contribution in [0.4, 0.5) is 0 Å². The van der Waals surface area contributed by atoms with Gasteiger partial charge in [0.05, 0.1) is 25.2 Å². The van der Waals surface area contributed by atoms with E-state index in [4.69, 9.17) is 14.2 Å². The van der Waals surface area contributed by atoms with Gasteiger partial charge in [-0.3, -0.25) is 14.4 Å². The summed E-state index contributed by atoms with van der Waals surface area (Å²) < 4.78 is 17.7. The molecular weight excluding hydrogens is 384 g/mol. The van der Waals surface area contributed by atoms with Crippen LogP contribution in [0.2, 0.25) is 0 Å². The molecule has 5 fully saturated rings. The maximum atomic E-state index is 13.0. The number of rotatable bonds is 1. The molecule has 0 aromatic carbocycles. The molecule has 0 bridgehead atoms. The van der Waals surface area contributed by atoms with E-state index in [1.807, 2.05) is 0 Å². The predicted octanol–water partition coefficient (Wildman–Crippen LogP) is 2.98. The maximum Gasteiger partial charge on any atom is 0.309 e. The Balaban J connectivity index is 1.48. The SMILES string of the molecule is COC(=O)C1CC2=CC(=O)CC[C@]2(C)C2C1C1CCC3(CCC(=O)O3)[C@@]1(C)C1O[C@H]12. The molecule has 1 spiro atoms. The fourth-order valence-electron chi connectivity index (χ4n) is 8.62. The van der Waals surface area contributed by atoms with Crippen molar-refractivity contribution in [3.63, 3.8) is 0 Å². The molecule has 6 heteroatoms. The Morgan fingerprint density at radius 1 is 1.17 bits per heavy atom. The summed E-state index contributed by atoms with van der Waals surface area (Å²) in [6.45, 7) is 4.52. The minimum atomic E-state index is -0.459. The Kier molecular flexibility index (Phi) is 3.65. The predicted molar refractivity (Wildman–Crippen MR) is 105 cm³/mol. The molecule has 0 aromatic rings. The molecule has 2 heterocycles. The number of allylic oxidation sites excluding steroid dienone is 1. The van der Waals surface area contributed by atoms with Crippen LogP contribution in [0, 0.1) is 34.5 Å². The smallest absolute Gasteiger partial charge is 0.309 e. The molecule has 0 radical (unpaired) electrons. The second kappa shape index (κ2) is 5.76. The summed E-state index contributed by atoms with van der Waals surface area (Å²) >= 11 is 0. The Morgan fingerprint density at radius 3 is 2.67 bits per heavy atom. The van der Waals surface area contributed by atoms with E-state index < -0.39 is 5.60 Å². The lowest BCUT2D eigenvalue weighted by Gasteiger charge is -2.58. The number of carbonyl (C=O) groups excluding carboxylic acids is 3. The second-order valence-electron chi connectivity index (χ2n) is 10.9. The number of carbonyl (C=O) groups is 3. The van der Waals surface area contributed by atoms with Crippen molar-refractivity contribution in [1.82, 2.24) is 0 Å². The molecule has 30 heavy (non-hydrogen) atoms. The summed E-state index contributed by atoms with van der Waals surface area (Å²) in [6, 6.07) is 0. The van der Waals surface area contributed by atoms with Crippen molar-refractivity contribution in [2.24, 2.45) is 34.5 Å².